The summed E-state index contributed by atoms with van der Waals surface area (Å²) in [5, 5.41) is 12.8. The first-order chi connectivity index (χ1) is 16.8. The summed E-state index contributed by atoms with van der Waals surface area (Å²) in [4.78, 5) is 34.6. The Morgan fingerprint density at radius 2 is 1.63 bits per heavy atom. The van der Waals surface area contributed by atoms with Gasteiger partial charge in [-0.05, 0) is 49.9 Å². The molecule has 0 radical (unpaired) electrons. The van der Waals surface area contributed by atoms with Gasteiger partial charge in [0, 0.05) is 25.5 Å². The number of hydrogen-bond donors (Lipinski definition) is 1. The van der Waals surface area contributed by atoms with Crippen LogP contribution in [-0.4, -0.2) is 39.9 Å². The Morgan fingerprint density at radius 1 is 0.943 bits per heavy atom. The molecule has 0 atom stereocenters. The molecule has 0 aliphatic heterocycles. The minimum Gasteiger partial charge on any atom is -0.466 e. The van der Waals surface area contributed by atoms with E-state index in [0.717, 1.165) is 22.4 Å². The Bertz CT molecular complexity index is 1170. The number of ether oxygens (including phenoxy) is 1. The van der Waals surface area contributed by atoms with Crippen molar-refractivity contribution in [1.82, 2.24) is 9.78 Å². The van der Waals surface area contributed by atoms with E-state index < -0.39 is 0 Å². The molecule has 0 aliphatic rings. The van der Waals surface area contributed by atoms with Crippen LogP contribution in [0, 0.1) is 13.8 Å². The fourth-order valence-corrected chi connectivity index (χ4v) is 3.47. The van der Waals surface area contributed by atoms with E-state index in [1.165, 1.54) is 16.3 Å². The molecule has 7 heteroatoms. The third-order valence-electron chi connectivity index (χ3n) is 5.07. The van der Waals surface area contributed by atoms with Crippen molar-refractivity contribution in [3.63, 3.8) is 0 Å². The van der Waals surface area contributed by atoms with Gasteiger partial charge in [0.15, 0.2) is 0 Å². The molecule has 0 bridgehead atoms. The number of hydrogen-bond acceptors (Lipinski definition) is 6. The van der Waals surface area contributed by atoms with Gasteiger partial charge in [-0.3, -0.25) is 14.4 Å². The topological polar surface area (TPSA) is 98.5 Å². The van der Waals surface area contributed by atoms with Gasteiger partial charge in [-0.15, -0.1) is 0 Å². The van der Waals surface area contributed by atoms with Crippen molar-refractivity contribution < 1.29 is 19.4 Å². The Hall–Kier alpha value is -3.58. The number of Topliss-reactive ketones (excluding diaryl/α,β-unsaturated/α-hetero) is 1. The van der Waals surface area contributed by atoms with Gasteiger partial charge in [0.1, 0.15) is 5.78 Å². The predicted molar refractivity (Wildman–Crippen MR) is 135 cm³/mol. The van der Waals surface area contributed by atoms with Crippen LogP contribution in [0.2, 0.25) is 0 Å². The number of aliphatic hydroxyl groups is 1. The minimum absolute atomic E-state index is 0.0968. The summed E-state index contributed by atoms with van der Waals surface area (Å²) in [5.74, 6) is -0.0508. The average Bonchev–Trinajstić information content (AvgIpc) is 2.81. The number of esters is 1. The second-order valence-electron chi connectivity index (χ2n) is 8.30. The number of benzene rings is 2. The number of aliphatic hydroxyl groups excluding tert-OH is 1. The molecule has 3 aromatic rings. The van der Waals surface area contributed by atoms with Crippen LogP contribution in [0.5, 0.6) is 0 Å². The van der Waals surface area contributed by atoms with Gasteiger partial charge in [0.2, 0.25) is 0 Å². The molecule has 0 spiro atoms. The summed E-state index contributed by atoms with van der Waals surface area (Å²) in [5.41, 5.74) is 4.68. The molecule has 2 aromatic carbocycles. The number of nitrogens with zero attached hydrogens (tertiary/aromatic N) is 2. The Balaban J connectivity index is 0.000000269. The van der Waals surface area contributed by atoms with Crippen molar-refractivity contribution in [3.8, 4) is 0 Å². The van der Waals surface area contributed by atoms with E-state index >= 15 is 0 Å². The van der Waals surface area contributed by atoms with Crippen molar-refractivity contribution in [3.05, 3.63) is 99.0 Å². The van der Waals surface area contributed by atoms with Crippen LogP contribution in [-0.2, 0) is 33.7 Å². The van der Waals surface area contributed by atoms with E-state index in [1.54, 1.807) is 13.0 Å². The highest BCUT2D eigenvalue weighted by atomic mass is 16.5. The maximum absolute atomic E-state index is 11.7. The predicted octanol–water partition coefficient (Wildman–Crippen LogP) is 3.58. The molecule has 35 heavy (non-hydrogen) atoms. The molecule has 7 nitrogen and oxygen atoms in total. The quantitative estimate of drug-likeness (QED) is 0.447. The van der Waals surface area contributed by atoms with Crippen LogP contribution in [0.25, 0.3) is 0 Å². The number of aromatic nitrogens is 2. The van der Waals surface area contributed by atoms with Crippen LogP contribution in [0.1, 0.15) is 47.7 Å². The maximum Gasteiger partial charge on any atom is 0.310 e. The van der Waals surface area contributed by atoms with Gasteiger partial charge < -0.3 is 9.84 Å². The third kappa shape index (κ3) is 10.5. The molecule has 1 aromatic heterocycles. The third-order valence-corrected chi connectivity index (χ3v) is 5.07. The number of carbonyl (C=O) groups is 2. The zero-order valence-corrected chi connectivity index (χ0v) is 20.7. The van der Waals surface area contributed by atoms with Gasteiger partial charge in [-0.25, -0.2) is 4.68 Å². The highest BCUT2D eigenvalue weighted by Crippen LogP contribution is 2.08. The number of aryl methyl sites for hydroxylation is 2. The summed E-state index contributed by atoms with van der Waals surface area (Å²) in [6.07, 6.45) is 1.77. The van der Waals surface area contributed by atoms with E-state index in [0.29, 0.717) is 32.4 Å². The lowest BCUT2D eigenvalue weighted by molar-refractivity contribution is -0.142. The molecule has 0 saturated heterocycles. The zero-order valence-electron chi connectivity index (χ0n) is 20.7. The van der Waals surface area contributed by atoms with Gasteiger partial charge >= 0.3 is 5.97 Å². The lowest BCUT2D eigenvalue weighted by Crippen LogP contribution is -2.23. The molecular weight excluding hydrogens is 444 g/mol. The highest BCUT2D eigenvalue weighted by molar-refractivity contribution is 5.80. The van der Waals surface area contributed by atoms with E-state index in [4.69, 9.17) is 9.84 Å². The first-order valence-corrected chi connectivity index (χ1v) is 11.8. The monoisotopic (exact) mass is 478 g/mol. The van der Waals surface area contributed by atoms with E-state index in [9.17, 15) is 14.4 Å². The zero-order chi connectivity index (χ0) is 25.6. The second-order valence-corrected chi connectivity index (χ2v) is 8.30. The van der Waals surface area contributed by atoms with Gasteiger partial charge in [-0.2, -0.15) is 5.10 Å². The van der Waals surface area contributed by atoms with Crippen LogP contribution >= 0.6 is 0 Å². The standard InChI is InChI=1S/C16H18N2O3.C12H16O2/c1-3-21-16(20)10-13-5-4-6-14(9-13)11-18-15(19)8-7-12(2)17-18;1-10-4-2-5-11(8-10)9-12(14)6-3-7-13/h4-9H,3,10-11H2,1-2H3;2,4-5,8,13H,3,6-7,9H2,1H3. The van der Waals surface area contributed by atoms with Crippen molar-refractivity contribution in [2.45, 2.75) is 53.0 Å². The summed E-state index contributed by atoms with van der Waals surface area (Å²) >= 11 is 0. The molecule has 3 rings (SSSR count). The number of carbonyl (C=O) groups excluding carboxylic acids is 2. The molecule has 0 amide bonds. The molecular formula is C28H34N2O5. The fourth-order valence-electron chi connectivity index (χ4n) is 3.47. The van der Waals surface area contributed by atoms with Crippen LogP contribution in [0.15, 0.2) is 65.5 Å². The first-order valence-electron chi connectivity index (χ1n) is 11.8. The number of ketones is 1. The van der Waals surface area contributed by atoms with Crippen LogP contribution in [0.3, 0.4) is 0 Å². The summed E-state index contributed by atoms with van der Waals surface area (Å²) < 4.78 is 6.35. The lowest BCUT2D eigenvalue weighted by atomic mass is 10.0. The van der Waals surface area contributed by atoms with Crippen molar-refractivity contribution in [2.75, 3.05) is 13.2 Å². The van der Waals surface area contributed by atoms with Gasteiger partial charge in [0.25, 0.3) is 5.56 Å². The second kappa shape index (κ2) is 14.6. The fraction of sp³-hybridized carbons (Fsp3) is 0.357. The molecule has 186 valence electrons. The summed E-state index contributed by atoms with van der Waals surface area (Å²) in [6, 6.07) is 18.7. The largest absolute Gasteiger partial charge is 0.466 e. The van der Waals surface area contributed by atoms with E-state index in [1.807, 2.05) is 62.4 Å². The Labute approximate surface area is 206 Å². The van der Waals surface area contributed by atoms with Crippen molar-refractivity contribution >= 4 is 11.8 Å². The maximum atomic E-state index is 11.7. The smallest absolute Gasteiger partial charge is 0.310 e. The number of rotatable bonds is 10. The summed E-state index contributed by atoms with van der Waals surface area (Å²) in [7, 11) is 0. The van der Waals surface area contributed by atoms with Crippen LogP contribution in [0.4, 0.5) is 0 Å². The SMILES string of the molecule is CCOC(=O)Cc1cccc(Cn2nc(C)ccc2=O)c1.Cc1cccc(CC(=O)CCCO)c1. The molecule has 0 saturated carbocycles. The van der Waals surface area contributed by atoms with E-state index in [2.05, 4.69) is 5.10 Å². The Kier molecular flexibility index (Phi) is 11.6. The van der Waals surface area contributed by atoms with Gasteiger partial charge in [0.05, 0.1) is 25.3 Å². The first kappa shape index (κ1) is 27.7. The molecule has 1 N–H and O–H groups in total. The average molecular weight is 479 g/mol. The Morgan fingerprint density at radius 3 is 2.31 bits per heavy atom. The molecule has 1 heterocycles. The lowest BCUT2D eigenvalue weighted by Gasteiger charge is -2.07. The molecule has 0 unspecified atom stereocenters. The normalized spacial score (nSPS) is 10.3. The highest BCUT2D eigenvalue weighted by Gasteiger charge is 2.06. The minimum atomic E-state index is -0.250. The van der Waals surface area contributed by atoms with Gasteiger partial charge in [-0.1, -0.05) is 54.1 Å². The summed E-state index contributed by atoms with van der Waals surface area (Å²) in [6.45, 7) is 6.50. The van der Waals surface area contributed by atoms with Crippen LogP contribution < -0.4 is 5.56 Å². The van der Waals surface area contributed by atoms with Crippen molar-refractivity contribution in [2.24, 2.45) is 0 Å². The molecule has 0 fully saturated rings. The van der Waals surface area contributed by atoms with Crippen molar-refractivity contribution in [1.29, 1.82) is 0 Å². The van der Waals surface area contributed by atoms with E-state index in [-0.39, 0.29) is 30.3 Å². The molecule has 0 aliphatic carbocycles.